The third-order valence-corrected chi connectivity index (χ3v) is 3.13. The predicted molar refractivity (Wildman–Crippen MR) is 65.3 cm³/mol. The highest BCUT2D eigenvalue weighted by Gasteiger charge is 2.27. The Balaban J connectivity index is 1.99. The summed E-state index contributed by atoms with van der Waals surface area (Å²) in [4.78, 5) is 24.7. The van der Waals surface area contributed by atoms with Crippen LogP contribution >= 0.6 is 0 Å². The smallest absolute Gasteiger partial charge is 0.335 e. The molecule has 3 rings (SSSR count). The molecule has 1 aliphatic heterocycles. The lowest BCUT2D eigenvalue weighted by atomic mass is 10.1. The number of anilines is 1. The van der Waals surface area contributed by atoms with Crippen molar-refractivity contribution in [3.63, 3.8) is 0 Å². The number of carbonyl (C=O) groups is 2. The first-order valence-electron chi connectivity index (χ1n) is 5.75. The molecule has 0 saturated carbocycles. The average Bonchev–Trinajstić information content (AvgIpc) is 3.06. The van der Waals surface area contributed by atoms with Crippen LogP contribution in [0.5, 0.6) is 0 Å². The van der Waals surface area contributed by atoms with Crippen LogP contribution in [0.2, 0.25) is 0 Å². The van der Waals surface area contributed by atoms with Gasteiger partial charge < -0.3 is 14.5 Å². The number of aromatic nitrogens is 1. The van der Waals surface area contributed by atoms with E-state index in [1.54, 1.807) is 12.1 Å². The van der Waals surface area contributed by atoms with Gasteiger partial charge in [0, 0.05) is 18.3 Å². The van der Waals surface area contributed by atoms with Crippen molar-refractivity contribution in [2.45, 2.75) is 6.42 Å². The molecule has 2 heterocycles. The van der Waals surface area contributed by atoms with Gasteiger partial charge in [-0.25, -0.2) is 4.79 Å². The van der Waals surface area contributed by atoms with Crippen LogP contribution in [-0.2, 0) is 6.42 Å². The normalized spacial score (nSPS) is 13.4. The molecular weight excluding hydrogens is 248 g/mol. The van der Waals surface area contributed by atoms with Crippen molar-refractivity contribution in [1.29, 1.82) is 0 Å². The van der Waals surface area contributed by atoms with Gasteiger partial charge in [0.15, 0.2) is 5.69 Å². The van der Waals surface area contributed by atoms with Gasteiger partial charge in [-0.3, -0.25) is 4.79 Å². The maximum atomic E-state index is 12.2. The standard InChI is InChI=1S/C13H10N2O4/c16-12(10-4-6-19-14-10)15-5-3-8-1-2-9(13(17)18)7-11(8)15/h1-2,4,6-7H,3,5H2,(H,17,18). The van der Waals surface area contributed by atoms with Crippen molar-refractivity contribution < 1.29 is 19.2 Å². The van der Waals surface area contributed by atoms with E-state index in [1.165, 1.54) is 23.3 Å². The Morgan fingerprint density at radius 3 is 2.84 bits per heavy atom. The van der Waals surface area contributed by atoms with Gasteiger partial charge in [0.05, 0.1) is 5.56 Å². The van der Waals surface area contributed by atoms with Crippen molar-refractivity contribution >= 4 is 17.6 Å². The molecule has 1 amide bonds. The number of carbonyl (C=O) groups excluding carboxylic acids is 1. The highest BCUT2D eigenvalue weighted by Crippen LogP contribution is 2.30. The van der Waals surface area contributed by atoms with Gasteiger partial charge in [-0.05, 0) is 24.1 Å². The predicted octanol–water partition coefficient (Wildman–Crippen LogP) is 1.58. The van der Waals surface area contributed by atoms with Gasteiger partial charge in [0.1, 0.15) is 6.26 Å². The summed E-state index contributed by atoms with van der Waals surface area (Å²) in [7, 11) is 0. The first-order chi connectivity index (χ1) is 9.16. The molecule has 0 aliphatic carbocycles. The van der Waals surface area contributed by atoms with E-state index in [0.29, 0.717) is 18.7 Å². The molecule has 0 unspecified atom stereocenters. The van der Waals surface area contributed by atoms with Gasteiger partial charge >= 0.3 is 5.97 Å². The highest BCUT2D eigenvalue weighted by atomic mass is 16.5. The molecule has 0 bridgehead atoms. The summed E-state index contributed by atoms with van der Waals surface area (Å²) in [5.41, 5.74) is 1.97. The molecule has 0 spiro atoms. The van der Waals surface area contributed by atoms with E-state index < -0.39 is 5.97 Å². The molecule has 1 aromatic carbocycles. The Kier molecular flexibility index (Phi) is 2.56. The Morgan fingerprint density at radius 2 is 2.16 bits per heavy atom. The van der Waals surface area contributed by atoms with E-state index in [0.717, 1.165) is 5.56 Å². The zero-order valence-corrected chi connectivity index (χ0v) is 9.87. The van der Waals surface area contributed by atoms with Crippen LogP contribution in [0.1, 0.15) is 26.4 Å². The number of rotatable bonds is 2. The third kappa shape index (κ3) is 1.87. The zero-order valence-electron chi connectivity index (χ0n) is 9.87. The lowest BCUT2D eigenvalue weighted by molar-refractivity contribution is 0.0696. The summed E-state index contributed by atoms with van der Waals surface area (Å²) in [6, 6.07) is 6.30. The van der Waals surface area contributed by atoms with Crippen molar-refractivity contribution in [2.24, 2.45) is 0 Å². The minimum absolute atomic E-state index is 0.165. The number of nitrogens with zero attached hydrogens (tertiary/aromatic N) is 2. The number of carboxylic acids is 1. The summed E-state index contributed by atoms with van der Waals surface area (Å²) < 4.78 is 4.65. The van der Waals surface area contributed by atoms with E-state index in [4.69, 9.17) is 5.11 Å². The zero-order chi connectivity index (χ0) is 13.4. The topological polar surface area (TPSA) is 83.6 Å². The summed E-state index contributed by atoms with van der Waals surface area (Å²) in [6.45, 7) is 0.518. The molecule has 0 radical (unpaired) electrons. The average molecular weight is 258 g/mol. The second-order valence-electron chi connectivity index (χ2n) is 4.24. The number of amides is 1. The molecule has 6 nitrogen and oxygen atoms in total. The molecule has 1 N–H and O–H groups in total. The quantitative estimate of drug-likeness (QED) is 0.884. The van der Waals surface area contributed by atoms with E-state index in [2.05, 4.69) is 9.68 Å². The van der Waals surface area contributed by atoms with Crippen molar-refractivity contribution in [3.05, 3.63) is 47.3 Å². The highest BCUT2D eigenvalue weighted by molar-refractivity contribution is 6.06. The number of hydrogen-bond donors (Lipinski definition) is 1. The van der Waals surface area contributed by atoms with Gasteiger partial charge in [-0.15, -0.1) is 0 Å². The monoisotopic (exact) mass is 258 g/mol. The molecule has 1 aromatic heterocycles. The molecule has 19 heavy (non-hydrogen) atoms. The second-order valence-corrected chi connectivity index (χ2v) is 4.24. The number of carboxylic acid groups (broad SMARTS) is 1. The molecule has 1 aliphatic rings. The van der Waals surface area contributed by atoms with Crippen LogP contribution < -0.4 is 4.90 Å². The molecular formula is C13H10N2O4. The lowest BCUT2D eigenvalue weighted by Gasteiger charge is -2.15. The van der Waals surface area contributed by atoms with Crippen LogP contribution in [0, 0.1) is 0 Å². The maximum Gasteiger partial charge on any atom is 0.335 e. The molecule has 6 heteroatoms. The van der Waals surface area contributed by atoms with Gasteiger partial charge in [-0.2, -0.15) is 0 Å². The number of fused-ring (bicyclic) bond motifs is 1. The fraction of sp³-hybridized carbons (Fsp3) is 0.154. The van der Waals surface area contributed by atoms with Crippen molar-refractivity contribution in [3.8, 4) is 0 Å². The Hall–Kier alpha value is -2.63. The van der Waals surface area contributed by atoms with Crippen molar-refractivity contribution in [2.75, 3.05) is 11.4 Å². The summed E-state index contributed by atoms with van der Waals surface area (Å²) >= 11 is 0. The molecule has 96 valence electrons. The minimum Gasteiger partial charge on any atom is -0.478 e. The van der Waals surface area contributed by atoms with E-state index in [1.807, 2.05) is 0 Å². The van der Waals surface area contributed by atoms with Crippen LogP contribution in [0.4, 0.5) is 5.69 Å². The van der Waals surface area contributed by atoms with Crippen LogP contribution in [0.3, 0.4) is 0 Å². The van der Waals surface area contributed by atoms with E-state index in [-0.39, 0.29) is 17.2 Å². The van der Waals surface area contributed by atoms with Gasteiger partial charge in [0.25, 0.3) is 5.91 Å². The van der Waals surface area contributed by atoms with Crippen LogP contribution in [0.15, 0.2) is 35.1 Å². The summed E-state index contributed by atoms with van der Waals surface area (Å²) in [5, 5.41) is 12.6. The Bertz CT molecular complexity index is 649. The second kappa shape index (κ2) is 4.24. The number of aromatic carboxylic acids is 1. The maximum absolute atomic E-state index is 12.2. The number of benzene rings is 1. The van der Waals surface area contributed by atoms with Gasteiger partial charge in [-0.1, -0.05) is 11.2 Å². The molecule has 2 aromatic rings. The van der Waals surface area contributed by atoms with Crippen LogP contribution in [0.25, 0.3) is 0 Å². The molecule has 0 atom stereocenters. The molecule has 0 saturated heterocycles. The molecule has 0 fully saturated rings. The largest absolute Gasteiger partial charge is 0.478 e. The fourth-order valence-electron chi connectivity index (χ4n) is 2.18. The van der Waals surface area contributed by atoms with E-state index >= 15 is 0 Å². The minimum atomic E-state index is -1.01. The lowest BCUT2D eigenvalue weighted by Crippen LogP contribution is -2.29. The summed E-state index contributed by atoms with van der Waals surface area (Å²) in [5.74, 6) is -1.29. The fourth-order valence-corrected chi connectivity index (χ4v) is 2.18. The summed E-state index contributed by atoms with van der Waals surface area (Å²) in [6.07, 6.45) is 2.04. The SMILES string of the molecule is O=C(O)c1ccc2c(c1)N(C(=O)c1ccon1)CC2. The van der Waals surface area contributed by atoms with Crippen LogP contribution in [-0.4, -0.2) is 28.7 Å². The number of hydrogen-bond acceptors (Lipinski definition) is 4. The third-order valence-electron chi connectivity index (χ3n) is 3.13. The van der Waals surface area contributed by atoms with Crippen molar-refractivity contribution in [1.82, 2.24) is 5.16 Å². The van der Waals surface area contributed by atoms with E-state index in [9.17, 15) is 9.59 Å². The Morgan fingerprint density at radius 1 is 1.32 bits per heavy atom. The first-order valence-corrected chi connectivity index (χ1v) is 5.75. The first kappa shape index (κ1) is 11.5. The van der Waals surface area contributed by atoms with Gasteiger partial charge in [0.2, 0.25) is 0 Å². The Labute approximate surface area is 108 Å².